The minimum absolute atomic E-state index is 0.268. The summed E-state index contributed by atoms with van der Waals surface area (Å²) in [4.78, 5) is 8.76. The molecule has 0 unspecified atom stereocenters. The van der Waals surface area contributed by atoms with Crippen molar-refractivity contribution in [1.29, 1.82) is 0 Å². The molecular formula is C19H25N5O2. The van der Waals surface area contributed by atoms with Crippen molar-refractivity contribution in [2.45, 2.75) is 26.3 Å². The van der Waals surface area contributed by atoms with E-state index in [4.69, 9.17) is 15.2 Å². The summed E-state index contributed by atoms with van der Waals surface area (Å²) in [5.74, 6) is 2.58. The number of nitrogen functional groups attached to an aromatic ring is 1. The topological polar surface area (TPSA) is 87.2 Å². The molecule has 0 aliphatic heterocycles. The van der Waals surface area contributed by atoms with E-state index in [1.54, 1.807) is 14.2 Å². The van der Waals surface area contributed by atoms with E-state index in [1.807, 2.05) is 30.5 Å². The van der Waals surface area contributed by atoms with Gasteiger partial charge >= 0.3 is 0 Å². The lowest BCUT2D eigenvalue weighted by molar-refractivity contribution is 0.383. The Hall–Kier alpha value is -2.96. The second-order valence-electron chi connectivity index (χ2n) is 6.03. The molecule has 0 aliphatic rings. The predicted molar refractivity (Wildman–Crippen MR) is 104 cm³/mol. The Bertz CT molecular complexity index is 869. The van der Waals surface area contributed by atoms with E-state index in [2.05, 4.69) is 26.8 Å². The normalized spacial score (nSPS) is 10.9. The minimum atomic E-state index is 0.268. The van der Waals surface area contributed by atoms with Crippen molar-refractivity contribution >= 4 is 22.8 Å². The molecule has 2 heterocycles. The number of hydrogen-bond donors (Lipinski definition) is 2. The van der Waals surface area contributed by atoms with Gasteiger partial charge in [-0.25, -0.2) is 4.98 Å². The molecule has 0 amide bonds. The maximum absolute atomic E-state index is 5.87. The van der Waals surface area contributed by atoms with E-state index in [-0.39, 0.29) is 5.95 Å². The minimum Gasteiger partial charge on any atom is -0.496 e. The van der Waals surface area contributed by atoms with Gasteiger partial charge in [-0.05, 0) is 24.6 Å². The van der Waals surface area contributed by atoms with E-state index >= 15 is 0 Å². The quantitative estimate of drug-likeness (QED) is 0.603. The second kappa shape index (κ2) is 7.95. The first kappa shape index (κ1) is 17.8. The molecule has 0 aliphatic carbocycles. The second-order valence-corrected chi connectivity index (χ2v) is 6.03. The Morgan fingerprint density at radius 1 is 1.12 bits per heavy atom. The van der Waals surface area contributed by atoms with Gasteiger partial charge in [-0.15, -0.1) is 0 Å². The molecule has 26 heavy (non-hydrogen) atoms. The van der Waals surface area contributed by atoms with Crippen molar-refractivity contribution in [2.24, 2.45) is 0 Å². The number of benzene rings is 1. The van der Waals surface area contributed by atoms with Crippen LogP contribution < -0.4 is 20.5 Å². The van der Waals surface area contributed by atoms with Crippen LogP contribution in [0.4, 0.5) is 11.8 Å². The van der Waals surface area contributed by atoms with Gasteiger partial charge in [0.05, 0.1) is 31.8 Å². The van der Waals surface area contributed by atoms with Gasteiger partial charge in [-0.1, -0.05) is 19.4 Å². The SMILES string of the molecule is CCCCNc1nc(N)nc2ccn(Cc3c(OC)cccc3OC)c12. The maximum Gasteiger partial charge on any atom is 0.222 e. The van der Waals surface area contributed by atoms with Crippen molar-refractivity contribution in [3.8, 4) is 11.5 Å². The highest BCUT2D eigenvalue weighted by Gasteiger charge is 2.15. The zero-order valence-corrected chi connectivity index (χ0v) is 15.5. The molecular weight excluding hydrogens is 330 g/mol. The summed E-state index contributed by atoms with van der Waals surface area (Å²) >= 11 is 0. The third-order valence-electron chi connectivity index (χ3n) is 4.31. The van der Waals surface area contributed by atoms with E-state index < -0.39 is 0 Å². The van der Waals surface area contributed by atoms with E-state index in [1.165, 1.54) is 0 Å². The van der Waals surface area contributed by atoms with Crippen LogP contribution in [-0.2, 0) is 6.54 Å². The summed E-state index contributed by atoms with van der Waals surface area (Å²) in [5, 5.41) is 3.38. The Labute approximate surface area is 153 Å². The number of nitrogens with one attached hydrogen (secondary N) is 1. The van der Waals surface area contributed by atoms with Gasteiger partial charge < -0.3 is 25.1 Å². The molecule has 138 valence electrons. The van der Waals surface area contributed by atoms with Crippen molar-refractivity contribution in [2.75, 3.05) is 31.8 Å². The predicted octanol–water partition coefficient (Wildman–Crippen LogP) is 3.29. The number of nitrogens with zero attached hydrogens (tertiary/aromatic N) is 3. The molecule has 7 heteroatoms. The standard InChI is InChI=1S/C19H25N5O2/c1-4-5-10-21-18-17-14(22-19(20)23-18)9-11-24(17)12-13-15(25-2)7-6-8-16(13)26-3/h6-9,11H,4-5,10,12H2,1-3H3,(H3,20,21,22,23). The number of rotatable bonds is 8. The fraction of sp³-hybridized carbons (Fsp3) is 0.368. The van der Waals surface area contributed by atoms with Crippen molar-refractivity contribution < 1.29 is 9.47 Å². The fourth-order valence-electron chi connectivity index (χ4n) is 3.02. The van der Waals surface area contributed by atoms with Gasteiger partial charge in [0, 0.05) is 12.7 Å². The molecule has 1 aromatic carbocycles. The summed E-state index contributed by atoms with van der Waals surface area (Å²) in [5.41, 5.74) is 8.56. The molecule has 0 bridgehead atoms. The summed E-state index contributed by atoms with van der Waals surface area (Å²) in [6.07, 6.45) is 4.15. The molecule has 7 nitrogen and oxygen atoms in total. The van der Waals surface area contributed by atoms with Crippen molar-refractivity contribution in [3.63, 3.8) is 0 Å². The van der Waals surface area contributed by atoms with Crippen LogP contribution in [0.2, 0.25) is 0 Å². The summed E-state index contributed by atoms with van der Waals surface area (Å²) in [6.45, 7) is 3.57. The Morgan fingerprint density at radius 3 is 2.50 bits per heavy atom. The lowest BCUT2D eigenvalue weighted by Crippen LogP contribution is -2.09. The molecule has 2 aromatic heterocycles. The highest BCUT2D eigenvalue weighted by molar-refractivity contribution is 5.87. The lowest BCUT2D eigenvalue weighted by atomic mass is 10.1. The van der Waals surface area contributed by atoms with Gasteiger partial charge in [-0.2, -0.15) is 4.98 Å². The van der Waals surface area contributed by atoms with Gasteiger partial charge in [0.15, 0.2) is 5.82 Å². The molecule has 3 aromatic rings. The largest absolute Gasteiger partial charge is 0.496 e. The molecule has 3 rings (SSSR count). The molecule has 0 fully saturated rings. The van der Waals surface area contributed by atoms with Gasteiger partial charge in [0.1, 0.15) is 17.0 Å². The summed E-state index contributed by atoms with van der Waals surface area (Å²) in [6, 6.07) is 7.72. The number of fused-ring (bicyclic) bond motifs is 1. The molecule has 3 N–H and O–H groups in total. The highest BCUT2D eigenvalue weighted by Crippen LogP contribution is 2.31. The van der Waals surface area contributed by atoms with Crippen LogP contribution in [0, 0.1) is 0 Å². The third kappa shape index (κ3) is 3.51. The van der Waals surface area contributed by atoms with Crippen LogP contribution in [0.25, 0.3) is 11.0 Å². The van der Waals surface area contributed by atoms with Crippen LogP contribution in [0.5, 0.6) is 11.5 Å². The highest BCUT2D eigenvalue weighted by atomic mass is 16.5. The fourth-order valence-corrected chi connectivity index (χ4v) is 3.02. The molecule has 0 saturated heterocycles. The molecule has 0 saturated carbocycles. The number of aromatic nitrogens is 3. The monoisotopic (exact) mass is 355 g/mol. The van der Waals surface area contributed by atoms with E-state index in [0.29, 0.717) is 6.54 Å². The molecule has 0 atom stereocenters. The Balaban J connectivity index is 2.04. The van der Waals surface area contributed by atoms with Crippen LogP contribution in [0.1, 0.15) is 25.3 Å². The third-order valence-corrected chi connectivity index (χ3v) is 4.31. The van der Waals surface area contributed by atoms with Gasteiger partial charge in [0.2, 0.25) is 5.95 Å². The van der Waals surface area contributed by atoms with Crippen molar-refractivity contribution in [1.82, 2.24) is 14.5 Å². The number of anilines is 2. The van der Waals surface area contributed by atoms with Crippen molar-refractivity contribution in [3.05, 3.63) is 36.0 Å². The summed E-state index contributed by atoms with van der Waals surface area (Å²) < 4.78 is 13.1. The van der Waals surface area contributed by atoms with E-state index in [9.17, 15) is 0 Å². The van der Waals surface area contributed by atoms with Crippen LogP contribution in [-0.4, -0.2) is 35.3 Å². The van der Waals surface area contributed by atoms with E-state index in [0.717, 1.165) is 53.3 Å². The number of hydrogen-bond acceptors (Lipinski definition) is 6. The molecule has 0 radical (unpaired) electrons. The number of ether oxygens (including phenoxy) is 2. The number of nitrogens with two attached hydrogens (primary N) is 1. The molecule has 0 spiro atoms. The zero-order valence-electron chi connectivity index (χ0n) is 15.5. The number of unbranched alkanes of at least 4 members (excludes halogenated alkanes) is 1. The number of methoxy groups -OCH3 is 2. The van der Waals surface area contributed by atoms with Gasteiger partial charge in [-0.3, -0.25) is 0 Å². The first-order chi connectivity index (χ1) is 12.7. The first-order valence-corrected chi connectivity index (χ1v) is 8.74. The van der Waals surface area contributed by atoms with Gasteiger partial charge in [0.25, 0.3) is 0 Å². The smallest absolute Gasteiger partial charge is 0.222 e. The first-order valence-electron chi connectivity index (χ1n) is 8.74. The lowest BCUT2D eigenvalue weighted by Gasteiger charge is -2.15. The zero-order chi connectivity index (χ0) is 18.5. The average Bonchev–Trinajstić information content (AvgIpc) is 3.04. The average molecular weight is 355 g/mol. The van der Waals surface area contributed by atoms with Crippen LogP contribution in [0.3, 0.4) is 0 Å². The van der Waals surface area contributed by atoms with Crippen LogP contribution >= 0.6 is 0 Å². The Kier molecular flexibility index (Phi) is 5.46. The van der Waals surface area contributed by atoms with Crippen LogP contribution in [0.15, 0.2) is 30.5 Å². The Morgan fingerprint density at radius 2 is 1.85 bits per heavy atom. The summed E-state index contributed by atoms with van der Waals surface area (Å²) in [7, 11) is 3.32. The maximum atomic E-state index is 5.87.